The molecule has 0 unspecified atom stereocenters. The van der Waals surface area contributed by atoms with Gasteiger partial charge in [-0.15, -0.1) is 0 Å². The number of benzene rings is 2. The number of carbonyl (C=O) groups is 1. The van der Waals surface area contributed by atoms with E-state index in [1.165, 1.54) is 24.3 Å². The molecule has 0 spiro atoms. The van der Waals surface area contributed by atoms with E-state index >= 15 is 0 Å². The van der Waals surface area contributed by atoms with Gasteiger partial charge in [-0.25, -0.2) is 4.79 Å². The first-order valence-corrected chi connectivity index (χ1v) is 9.81. The summed E-state index contributed by atoms with van der Waals surface area (Å²) in [4.78, 5) is 23.9. The van der Waals surface area contributed by atoms with E-state index in [1.807, 2.05) is 39.8 Å². The smallest absolute Gasteiger partial charge is 0.336 e. The van der Waals surface area contributed by atoms with Gasteiger partial charge >= 0.3 is 5.97 Å². The number of allylic oxidation sites excluding steroid dienone is 4. The number of aromatic hydroxyl groups is 1. The molecule has 1 aromatic carbocycles. The normalized spacial score (nSPS) is 15.1. The number of phenolic OH excluding ortho intramolecular Hbond substituents is 1. The highest BCUT2D eigenvalue weighted by molar-refractivity contribution is 6.09. The SMILES string of the molecule is CC.CC1(C)C=CC(C(=O)O)=C(c2c3ccc(=O)cc-3oc3cc(O)ccc23)C=C1. The van der Waals surface area contributed by atoms with Gasteiger partial charge < -0.3 is 14.6 Å². The minimum atomic E-state index is -1.05. The molecule has 0 fully saturated rings. The number of hydrogen-bond acceptors (Lipinski definition) is 4. The van der Waals surface area contributed by atoms with E-state index in [1.54, 1.807) is 24.3 Å². The Hall–Kier alpha value is -3.60. The summed E-state index contributed by atoms with van der Waals surface area (Å²) in [7, 11) is 0. The van der Waals surface area contributed by atoms with Crippen molar-refractivity contribution in [3.05, 3.63) is 82.1 Å². The Morgan fingerprint density at radius 1 is 1.00 bits per heavy atom. The zero-order chi connectivity index (χ0) is 22.1. The summed E-state index contributed by atoms with van der Waals surface area (Å²) < 4.78 is 5.84. The van der Waals surface area contributed by atoms with Crippen molar-refractivity contribution in [2.75, 3.05) is 0 Å². The molecule has 1 aromatic rings. The molecule has 30 heavy (non-hydrogen) atoms. The third-order valence-corrected chi connectivity index (χ3v) is 4.83. The molecule has 1 aliphatic heterocycles. The molecule has 0 atom stereocenters. The molecule has 5 nitrogen and oxygen atoms in total. The van der Waals surface area contributed by atoms with Crippen LogP contribution in [0.3, 0.4) is 0 Å². The number of aliphatic carboxylic acids is 1. The Morgan fingerprint density at radius 3 is 2.40 bits per heavy atom. The van der Waals surface area contributed by atoms with E-state index in [2.05, 4.69) is 0 Å². The van der Waals surface area contributed by atoms with E-state index in [0.717, 1.165) is 0 Å². The summed E-state index contributed by atoms with van der Waals surface area (Å²) in [6.45, 7) is 7.97. The van der Waals surface area contributed by atoms with Crippen molar-refractivity contribution in [1.82, 2.24) is 0 Å². The molecule has 0 aromatic heterocycles. The van der Waals surface area contributed by atoms with E-state index in [-0.39, 0.29) is 22.2 Å². The third kappa shape index (κ3) is 3.92. The van der Waals surface area contributed by atoms with Crippen molar-refractivity contribution in [1.29, 1.82) is 0 Å². The molecule has 5 heteroatoms. The highest BCUT2D eigenvalue weighted by Gasteiger charge is 2.24. The molecular formula is C25H24O5. The minimum absolute atomic E-state index is 0.0182. The van der Waals surface area contributed by atoms with Crippen LogP contribution in [-0.2, 0) is 4.79 Å². The standard InChI is InChI=1S/C23H18O5.C2H6/c1-23(2)9-7-15(16(8-10-23)22(26)27)21-17-5-3-13(24)11-19(17)28-20-12-14(25)4-6-18(20)21;1-2/h3-12,24H,1-2H3,(H,26,27);1-2H3. The maximum atomic E-state index is 12.0. The molecule has 2 N–H and O–H groups in total. The summed E-state index contributed by atoms with van der Waals surface area (Å²) in [5, 5.41) is 20.3. The van der Waals surface area contributed by atoms with E-state index < -0.39 is 5.97 Å². The van der Waals surface area contributed by atoms with Crippen LogP contribution in [0.15, 0.2) is 75.5 Å². The van der Waals surface area contributed by atoms with Gasteiger partial charge in [-0.1, -0.05) is 52.0 Å². The quantitative estimate of drug-likeness (QED) is 0.541. The van der Waals surface area contributed by atoms with Crippen LogP contribution in [-0.4, -0.2) is 16.2 Å². The predicted octanol–water partition coefficient (Wildman–Crippen LogP) is 5.62. The molecule has 154 valence electrons. The zero-order valence-corrected chi connectivity index (χ0v) is 17.4. The summed E-state index contributed by atoms with van der Waals surface area (Å²) in [5.74, 6) is -0.696. The van der Waals surface area contributed by atoms with Gasteiger partial charge in [-0.3, -0.25) is 4.79 Å². The van der Waals surface area contributed by atoms with Crippen molar-refractivity contribution < 1.29 is 19.4 Å². The van der Waals surface area contributed by atoms with Crippen molar-refractivity contribution in [3.8, 4) is 17.1 Å². The average Bonchev–Trinajstić information content (AvgIpc) is 2.85. The minimum Gasteiger partial charge on any atom is -0.508 e. The predicted molar refractivity (Wildman–Crippen MR) is 119 cm³/mol. The lowest BCUT2D eigenvalue weighted by atomic mass is 9.90. The Bertz CT molecular complexity index is 1240. The molecule has 0 amide bonds. The molecule has 3 aliphatic rings. The van der Waals surface area contributed by atoms with Crippen LogP contribution in [0.4, 0.5) is 0 Å². The van der Waals surface area contributed by atoms with Crippen molar-refractivity contribution in [2.45, 2.75) is 27.7 Å². The number of rotatable bonds is 2. The summed E-state index contributed by atoms with van der Waals surface area (Å²) in [5.41, 5.74) is 1.78. The van der Waals surface area contributed by atoms with Crippen LogP contribution in [0.2, 0.25) is 0 Å². The first kappa shape index (κ1) is 21.1. The van der Waals surface area contributed by atoms with Crippen molar-refractivity contribution >= 4 is 22.5 Å². The largest absolute Gasteiger partial charge is 0.508 e. The highest BCUT2D eigenvalue weighted by atomic mass is 16.4. The van der Waals surface area contributed by atoms with Crippen LogP contribution in [0.5, 0.6) is 5.75 Å². The molecule has 1 heterocycles. The average molecular weight is 404 g/mol. The second kappa shape index (κ2) is 8.03. The summed E-state index contributed by atoms with van der Waals surface area (Å²) in [6.07, 6.45) is 7.20. The third-order valence-electron chi connectivity index (χ3n) is 4.83. The highest BCUT2D eigenvalue weighted by Crippen LogP contribution is 2.41. The number of fused-ring (bicyclic) bond motifs is 2. The number of carboxylic acid groups (broad SMARTS) is 1. The van der Waals surface area contributed by atoms with Crippen LogP contribution < -0.4 is 5.43 Å². The Morgan fingerprint density at radius 2 is 1.70 bits per heavy atom. The van der Waals surface area contributed by atoms with Gasteiger partial charge in [0.15, 0.2) is 5.43 Å². The lowest BCUT2D eigenvalue weighted by Crippen LogP contribution is -2.05. The Kier molecular flexibility index (Phi) is 5.65. The fourth-order valence-corrected chi connectivity index (χ4v) is 3.39. The van der Waals surface area contributed by atoms with Gasteiger partial charge in [-0.2, -0.15) is 0 Å². The number of carboxylic acids is 1. The summed E-state index contributed by atoms with van der Waals surface area (Å²) in [6, 6.07) is 9.10. The first-order valence-electron chi connectivity index (χ1n) is 9.81. The topological polar surface area (TPSA) is 87.7 Å². The van der Waals surface area contributed by atoms with Gasteiger partial charge in [0.2, 0.25) is 0 Å². The van der Waals surface area contributed by atoms with E-state index in [9.17, 15) is 19.8 Å². The lowest BCUT2D eigenvalue weighted by molar-refractivity contribution is -0.132. The second-order valence-corrected chi connectivity index (χ2v) is 7.44. The number of hydrogen-bond donors (Lipinski definition) is 2. The Labute approximate surface area is 174 Å². The van der Waals surface area contributed by atoms with Gasteiger partial charge in [0.05, 0.1) is 5.57 Å². The molecule has 0 bridgehead atoms. The number of phenols is 1. The van der Waals surface area contributed by atoms with E-state index in [0.29, 0.717) is 33.4 Å². The van der Waals surface area contributed by atoms with Crippen LogP contribution in [0.1, 0.15) is 33.3 Å². The van der Waals surface area contributed by atoms with Crippen LogP contribution in [0, 0.1) is 5.41 Å². The zero-order valence-electron chi connectivity index (χ0n) is 17.4. The van der Waals surface area contributed by atoms with Gasteiger partial charge in [0.25, 0.3) is 0 Å². The molecular weight excluding hydrogens is 380 g/mol. The van der Waals surface area contributed by atoms with Gasteiger partial charge in [0, 0.05) is 34.1 Å². The second-order valence-electron chi connectivity index (χ2n) is 7.44. The van der Waals surface area contributed by atoms with Crippen LogP contribution in [0.25, 0.3) is 27.9 Å². The van der Waals surface area contributed by atoms with Crippen molar-refractivity contribution in [3.63, 3.8) is 0 Å². The lowest BCUT2D eigenvalue weighted by Gasteiger charge is -2.17. The Balaban J connectivity index is 0.00000124. The molecule has 2 aliphatic carbocycles. The summed E-state index contributed by atoms with van der Waals surface area (Å²) >= 11 is 0. The maximum Gasteiger partial charge on any atom is 0.336 e. The van der Waals surface area contributed by atoms with Gasteiger partial charge in [-0.05, 0) is 29.8 Å². The fourth-order valence-electron chi connectivity index (χ4n) is 3.39. The monoisotopic (exact) mass is 404 g/mol. The molecule has 4 rings (SSSR count). The fraction of sp³-hybridized carbons (Fsp3) is 0.200. The first-order chi connectivity index (χ1) is 14.2. The molecule has 0 radical (unpaired) electrons. The molecule has 0 saturated heterocycles. The van der Waals surface area contributed by atoms with E-state index in [4.69, 9.17) is 4.42 Å². The van der Waals surface area contributed by atoms with Crippen LogP contribution >= 0.6 is 0 Å². The van der Waals surface area contributed by atoms with Crippen molar-refractivity contribution in [2.24, 2.45) is 5.41 Å². The van der Waals surface area contributed by atoms with Gasteiger partial charge in [0.1, 0.15) is 17.1 Å². The maximum absolute atomic E-state index is 12.0. The molecule has 0 saturated carbocycles.